The molecule has 19 heavy (non-hydrogen) atoms. The van der Waals surface area contributed by atoms with Crippen molar-refractivity contribution in [1.82, 2.24) is 5.32 Å². The quantitative estimate of drug-likeness (QED) is 0.804. The van der Waals surface area contributed by atoms with E-state index < -0.39 is 31.6 Å². The average molecular weight is 377 g/mol. The molecule has 0 spiro atoms. The van der Waals surface area contributed by atoms with E-state index in [2.05, 4.69) is 5.32 Å². The van der Waals surface area contributed by atoms with Gasteiger partial charge in [0.15, 0.2) is 0 Å². The summed E-state index contributed by atoms with van der Waals surface area (Å²) < 4.78 is 23.1. The van der Waals surface area contributed by atoms with Gasteiger partial charge in [0.1, 0.15) is 0 Å². The lowest BCUT2D eigenvalue weighted by atomic mass is 9.94. The van der Waals surface area contributed by atoms with Crippen LogP contribution in [0.1, 0.15) is 39.5 Å². The molecular formula is C13H16INO4. The van der Waals surface area contributed by atoms with Crippen molar-refractivity contribution in [3.63, 3.8) is 0 Å². The highest BCUT2D eigenvalue weighted by Crippen LogP contribution is 2.32. The number of carbonyl (C=O) groups is 2. The van der Waals surface area contributed by atoms with Gasteiger partial charge in [-0.25, -0.2) is 6.14 Å². The summed E-state index contributed by atoms with van der Waals surface area (Å²) in [6, 6.07) is 0. The molecule has 1 aromatic rings. The van der Waals surface area contributed by atoms with Crippen LogP contribution in [0.2, 0.25) is 0 Å². The summed E-state index contributed by atoms with van der Waals surface area (Å²) in [5, 5.41) is 2.14. The number of benzene rings is 1. The van der Waals surface area contributed by atoms with E-state index in [-0.39, 0.29) is 9.13 Å². The molecule has 0 radical (unpaired) electrons. The fourth-order valence-corrected chi connectivity index (χ4v) is 4.11. The van der Waals surface area contributed by atoms with Crippen LogP contribution >= 0.6 is 19.8 Å². The van der Waals surface area contributed by atoms with E-state index in [0.717, 1.165) is 11.1 Å². The third kappa shape index (κ3) is 2.99. The number of amides is 2. The Morgan fingerprint density at radius 2 is 1.37 bits per heavy atom. The van der Waals surface area contributed by atoms with Gasteiger partial charge in [0.2, 0.25) is 5.91 Å². The van der Waals surface area contributed by atoms with E-state index in [1.807, 2.05) is 13.8 Å². The fourth-order valence-electron chi connectivity index (χ4n) is 1.95. The Hall–Kier alpha value is -1.31. The maximum absolute atomic E-state index is 12.0. The molecule has 5 nitrogen and oxygen atoms in total. The zero-order valence-electron chi connectivity index (χ0n) is 11.5. The summed E-state index contributed by atoms with van der Waals surface area (Å²) in [6.07, 6.45) is 0. The Morgan fingerprint density at radius 1 is 0.895 bits per heavy atom. The van der Waals surface area contributed by atoms with Gasteiger partial charge in [-0.2, -0.15) is 0 Å². The first-order valence-electron chi connectivity index (χ1n) is 5.66. The number of hydrogen-bond donors (Lipinski definition) is 1. The zero-order chi connectivity index (χ0) is 14.9. The van der Waals surface area contributed by atoms with Gasteiger partial charge in [0.25, 0.3) is 5.91 Å². The normalized spacial score (nSPS) is 10.6. The largest absolute Gasteiger partial charge is 0.341 e. The van der Waals surface area contributed by atoms with Crippen LogP contribution < -0.4 is 5.32 Å². The first kappa shape index (κ1) is 15.7. The van der Waals surface area contributed by atoms with Gasteiger partial charge in [0.05, 0.1) is 9.13 Å². The van der Waals surface area contributed by atoms with Gasteiger partial charge in [-0.3, -0.25) is 14.9 Å². The summed E-state index contributed by atoms with van der Waals surface area (Å²) in [5.41, 5.74) is 3.03. The van der Waals surface area contributed by atoms with E-state index in [1.165, 1.54) is 6.92 Å². The van der Waals surface area contributed by atoms with Gasteiger partial charge < -0.3 is 0 Å². The van der Waals surface area contributed by atoms with Gasteiger partial charge in [-0.15, -0.1) is 0 Å². The summed E-state index contributed by atoms with van der Waals surface area (Å²) in [5.74, 6) is -1.16. The molecule has 104 valence electrons. The van der Waals surface area contributed by atoms with E-state index >= 15 is 0 Å². The number of imide groups is 1. The minimum atomic E-state index is -3.84. The van der Waals surface area contributed by atoms with E-state index in [0.29, 0.717) is 11.1 Å². The number of carbonyl (C=O) groups excluding carboxylic acids is 2. The van der Waals surface area contributed by atoms with Crippen LogP contribution in [0.4, 0.5) is 0 Å². The van der Waals surface area contributed by atoms with Crippen molar-refractivity contribution in [3.05, 3.63) is 31.4 Å². The van der Waals surface area contributed by atoms with Crippen molar-refractivity contribution in [1.29, 1.82) is 0 Å². The van der Waals surface area contributed by atoms with Crippen molar-refractivity contribution >= 4 is 31.6 Å². The molecule has 0 heterocycles. The maximum atomic E-state index is 12.0. The summed E-state index contributed by atoms with van der Waals surface area (Å²) in [4.78, 5) is 23.0. The Morgan fingerprint density at radius 3 is 1.79 bits per heavy atom. The summed E-state index contributed by atoms with van der Waals surface area (Å²) >= 11 is -3.84. The molecular weight excluding hydrogens is 361 g/mol. The summed E-state index contributed by atoms with van der Waals surface area (Å²) in [6.45, 7) is 8.25. The second-order valence-corrected chi connectivity index (χ2v) is 6.74. The molecule has 1 aromatic carbocycles. The van der Waals surface area contributed by atoms with Gasteiger partial charge >= 0.3 is 19.8 Å². The first-order chi connectivity index (χ1) is 8.68. The molecule has 0 unspecified atom stereocenters. The predicted molar refractivity (Wildman–Crippen MR) is 77.6 cm³/mol. The van der Waals surface area contributed by atoms with Crippen LogP contribution in [0.5, 0.6) is 0 Å². The van der Waals surface area contributed by atoms with Gasteiger partial charge in [-0.05, 0) is 49.9 Å². The van der Waals surface area contributed by atoms with Crippen molar-refractivity contribution in [2.45, 2.75) is 34.6 Å². The number of nitrogens with one attached hydrogen (secondary N) is 1. The SMILES string of the molecule is CC(=O)NC(=O)c1c(C)c(C)c(C)c(C)c1I(=O)=O. The molecule has 0 aliphatic heterocycles. The molecule has 6 heteroatoms. The van der Waals surface area contributed by atoms with Crippen LogP contribution in [0.3, 0.4) is 0 Å². The van der Waals surface area contributed by atoms with Crippen LogP contribution in [-0.2, 0) is 10.9 Å². The molecule has 0 fully saturated rings. The Bertz CT molecular complexity index is 637. The minimum Gasteiger partial charge on any atom is -0.293 e. The lowest BCUT2D eigenvalue weighted by Crippen LogP contribution is -2.30. The van der Waals surface area contributed by atoms with Crippen molar-refractivity contribution in [2.24, 2.45) is 0 Å². The van der Waals surface area contributed by atoms with Crippen LogP contribution in [0, 0.1) is 31.3 Å². The molecule has 1 rings (SSSR count). The lowest BCUT2D eigenvalue weighted by molar-refractivity contribution is -0.118. The number of hydrogen-bond acceptors (Lipinski definition) is 4. The van der Waals surface area contributed by atoms with Gasteiger partial charge in [0, 0.05) is 6.92 Å². The molecule has 0 saturated heterocycles. The number of halogens is 1. The average Bonchev–Trinajstić information content (AvgIpc) is 2.29. The molecule has 0 saturated carbocycles. The van der Waals surface area contributed by atoms with Gasteiger partial charge in [-0.1, -0.05) is 0 Å². The molecule has 0 bridgehead atoms. The van der Waals surface area contributed by atoms with Crippen LogP contribution in [0.25, 0.3) is 0 Å². The van der Waals surface area contributed by atoms with Crippen LogP contribution in [-0.4, -0.2) is 11.8 Å². The smallest absolute Gasteiger partial charge is 0.293 e. The molecule has 0 aliphatic rings. The van der Waals surface area contributed by atoms with E-state index in [1.54, 1.807) is 13.8 Å². The van der Waals surface area contributed by atoms with Crippen molar-refractivity contribution < 1.29 is 15.7 Å². The third-order valence-corrected chi connectivity index (χ3v) is 5.51. The highest BCUT2D eigenvalue weighted by molar-refractivity contribution is 14.2. The highest BCUT2D eigenvalue weighted by atomic mass is 127. The highest BCUT2D eigenvalue weighted by Gasteiger charge is 2.24. The minimum absolute atomic E-state index is 0.0866. The van der Waals surface area contributed by atoms with E-state index in [4.69, 9.17) is 0 Å². The lowest BCUT2D eigenvalue weighted by Gasteiger charge is -2.16. The molecule has 0 atom stereocenters. The van der Waals surface area contributed by atoms with Crippen molar-refractivity contribution in [2.75, 3.05) is 0 Å². The van der Waals surface area contributed by atoms with Crippen molar-refractivity contribution in [3.8, 4) is 0 Å². The number of rotatable bonds is 2. The molecule has 0 aliphatic carbocycles. The standard InChI is InChI=1S/C13H16INO4/c1-6-7(2)9(4)12(14(18)19)11(8(6)3)13(17)15-10(5)16/h1-5H3,(H,15,16,17). The topological polar surface area (TPSA) is 80.3 Å². The fraction of sp³-hybridized carbons (Fsp3) is 0.385. The summed E-state index contributed by atoms with van der Waals surface area (Å²) in [7, 11) is 0. The van der Waals surface area contributed by atoms with E-state index in [9.17, 15) is 15.7 Å². The second-order valence-electron chi connectivity index (χ2n) is 4.42. The molecule has 1 N–H and O–H groups in total. The third-order valence-electron chi connectivity index (χ3n) is 3.28. The molecule has 0 aromatic heterocycles. The Balaban J connectivity index is 3.71. The first-order valence-corrected chi connectivity index (χ1v) is 8.50. The Labute approximate surface area is 118 Å². The predicted octanol–water partition coefficient (Wildman–Crippen LogP) is 2.56. The second kappa shape index (κ2) is 5.77. The Kier molecular flexibility index (Phi) is 4.78. The molecule has 2 amide bonds. The van der Waals surface area contributed by atoms with Crippen LogP contribution in [0.15, 0.2) is 0 Å². The maximum Gasteiger partial charge on any atom is 0.341 e. The zero-order valence-corrected chi connectivity index (χ0v) is 13.7. The monoisotopic (exact) mass is 377 g/mol.